The summed E-state index contributed by atoms with van der Waals surface area (Å²) in [6.45, 7) is 7.19. The molecule has 1 aliphatic carbocycles. The van der Waals surface area contributed by atoms with Crippen LogP contribution >= 0.6 is 0 Å². The van der Waals surface area contributed by atoms with Crippen LogP contribution in [0.1, 0.15) is 59.8 Å². The lowest BCUT2D eigenvalue weighted by Gasteiger charge is -2.30. The second kappa shape index (κ2) is 6.21. The van der Waals surface area contributed by atoms with Gasteiger partial charge < -0.3 is 14.8 Å². The Hall–Kier alpha value is -1.06. The first-order valence-electron chi connectivity index (χ1n) is 6.75. The lowest BCUT2D eigenvalue weighted by Crippen LogP contribution is -2.41. The zero-order chi connectivity index (χ0) is 13.8. The zero-order valence-electron chi connectivity index (χ0n) is 11.9. The second-order valence-corrected chi connectivity index (χ2v) is 6.28. The standard InChI is InChI=1S/C14H25NO3/c1-10(16)8-11-6-5-7-12(9-11)15-13(17)18-14(2,3)4/h11-12H,5-9H2,1-4H3,(H,15,17). The summed E-state index contributed by atoms with van der Waals surface area (Å²) in [5.41, 5.74) is -0.461. The Morgan fingerprint density at radius 2 is 1.94 bits per heavy atom. The molecule has 1 amide bonds. The van der Waals surface area contributed by atoms with Crippen LogP contribution in [0.5, 0.6) is 0 Å². The summed E-state index contributed by atoms with van der Waals surface area (Å²) in [5, 5.41) is 2.91. The van der Waals surface area contributed by atoms with Crippen molar-refractivity contribution in [3.05, 3.63) is 0 Å². The van der Waals surface area contributed by atoms with Gasteiger partial charge >= 0.3 is 6.09 Å². The molecule has 0 aromatic heterocycles. The van der Waals surface area contributed by atoms with Crippen LogP contribution in [-0.4, -0.2) is 23.5 Å². The molecule has 0 aromatic carbocycles. The fourth-order valence-electron chi connectivity index (χ4n) is 2.49. The van der Waals surface area contributed by atoms with Crippen molar-refractivity contribution in [1.82, 2.24) is 5.32 Å². The minimum absolute atomic E-state index is 0.151. The molecule has 104 valence electrons. The Kier molecular flexibility index (Phi) is 5.17. The largest absolute Gasteiger partial charge is 0.444 e. The maximum absolute atomic E-state index is 11.7. The molecule has 0 saturated heterocycles. The number of Topliss-reactive ketones (excluding diaryl/α,β-unsaturated/α-hetero) is 1. The van der Waals surface area contributed by atoms with Gasteiger partial charge in [-0.15, -0.1) is 0 Å². The number of hydrogen-bond donors (Lipinski definition) is 1. The third kappa shape index (κ3) is 6.03. The predicted octanol–water partition coefficient (Wildman–Crippen LogP) is 3.05. The molecule has 4 nitrogen and oxygen atoms in total. The Morgan fingerprint density at radius 3 is 2.50 bits per heavy atom. The van der Waals surface area contributed by atoms with Gasteiger partial charge in [0.15, 0.2) is 0 Å². The number of amides is 1. The van der Waals surface area contributed by atoms with E-state index in [0.29, 0.717) is 12.3 Å². The Balaban J connectivity index is 2.38. The SMILES string of the molecule is CC(=O)CC1CCCC(NC(=O)OC(C)(C)C)C1. The summed E-state index contributed by atoms with van der Waals surface area (Å²) in [4.78, 5) is 22.8. The molecule has 0 bridgehead atoms. The maximum Gasteiger partial charge on any atom is 0.407 e. The molecule has 4 heteroatoms. The average Bonchev–Trinajstić information content (AvgIpc) is 2.13. The molecule has 0 radical (unpaired) electrons. The molecule has 0 spiro atoms. The molecule has 2 unspecified atom stereocenters. The van der Waals surface area contributed by atoms with Gasteiger partial charge in [-0.1, -0.05) is 6.42 Å². The first-order chi connectivity index (χ1) is 8.26. The number of hydrogen-bond acceptors (Lipinski definition) is 3. The van der Waals surface area contributed by atoms with Crippen molar-refractivity contribution in [3.63, 3.8) is 0 Å². The third-order valence-corrected chi connectivity index (χ3v) is 3.08. The monoisotopic (exact) mass is 255 g/mol. The highest BCUT2D eigenvalue weighted by Crippen LogP contribution is 2.27. The number of alkyl carbamates (subject to hydrolysis) is 1. The molecule has 1 fully saturated rings. The van der Waals surface area contributed by atoms with Gasteiger partial charge in [-0.2, -0.15) is 0 Å². The number of nitrogens with one attached hydrogen (secondary N) is 1. The quantitative estimate of drug-likeness (QED) is 0.843. The summed E-state index contributed by atoms with van der Waals surface area (Å²) in [6.07, 6.45) is 4.31. The van der Waals surface area contributed by atoms with Crippen molar-refractivity contribution in [2.75, 3.05) is 0 Å². The Labute approximate surface area is 109 Å². The summed E-state index contributed by atoms with van der Waals surface area (Å²) in [5.74, 6) is 0.647. The number of rotatable bonds is 3. The molecular formula is C14H25NO3. The highest BCUT2D eigenvalue weighted by atomic mass is 16.6. The van der Waals surface area contributed by atoms with Gasteiger partial charge in [0.25, 0.3) is 0 Å². The van der Waals surface area contributed by atoms with Crippen LogP contribution in [0.15, 0.2) is 0 Å². The second-order valence-electron chi connectivity index (χ2n) is 6.28. The van der Waals surface area contributed by atoms with E-state index < -0.39 is 5.60 Å². The summed E-state index contributed by atoms with van der Waals surface area (Å²) < 4.78 is 5.24. The van der Waals surface area contributed by atoms with Crippen molar-refractivity contribution in [3.8, 4) is 0 Å². The molecular weight excluding hydrogens is 230 g/mol. The van der Waals surface area contributed by atoms with Gasteiger partial charge in [0.2, 0.25) is 0 Å². The average molecular weight is 255 g/mol. The molecule has 1 saturated carbocycles. The zero-order valence-corrected chi connectivity index (χ0v) is 11.9. The maximum atomic E-state index is 11.7. The molecule has 1 aliphatic rings. The van der Waals surface area contributed by atoms with Gasteiger partial charge in [-0.05, 0) is 52.9 Å². The van der Waals surface area contributed by atoms with Crippen LogP contribution in [0.25, 0.3) is 0 Å². The first kappa shape index (κ1) is 15.0. The van der Waals surface area contributed by atoms with E-state index in [4.69, 9.17) is 4.74 Å². The molecule has 18 heavy (non-hydrogen) atoms. The van der Waals surface area contributed by atoms with Crippen LogP contribution in [0.4, 0.5) is 4.79 Å². The van der Waals surface area contributed by atoms with Gasteiger partial charge in [0.1, 0.15) is 11.4 Å². The van der Waals surface area contributed by atoms with Crippen LogP contribution in [0.3, 0.4) is 0 Å². The molecule has 0 aliphatic heterocycles. The van der Waals surface area contributed by atoms with Crippen molar-refractivity contribution in [2.45, 2.75) is 71.4 Å². The van der Waals surface area contributed by atoms with E-state index >= 15 is 0 Å². The number of carbonyl (C=O) groups excluding carboxylic acids is 2. The predicted molar refractivity (Wildman–Crippen MR) is 70.4 cm³/mol. The van der Waals surface area contributed by atoms with E-state index in [9.17, 15) is 9.59 Å². The lowest BCUT2D eigenvalue weighted by atomic mass is 9.83. The van der Waals surface area contributed by atoms with E-state index in [1.54, 1.807) is 6.92 Å². The molecule has 2 atom stereocenters. The first-order valence-corrected chi connectivity index (χ1v) is 6.75. The van der Waals surface area contributed by atoms with E-state index in [-0.39, 0.29) is 17.9 Å². The molecule has 1 N–H and O–H groups in total. The van der Waals surface area contributed by atoms with E-state index in [0.717, 1.165) is 25.7 Å². The molecule has 0 aromatic rings. The van der Waals surface area contributed by atoms with Crippen molar-refractivity contribution in [1.29, 1.82) is 0 Å². The van der Waals surface area contributed by atoms with Crippen molar-refractivity contribution in [2.24, 2.45) is 5.92 Å². The molecule has 0 heterocycles. The Bertz CT molecular complexity index is 307. The van der Waals surface area contributed by atoms with Crippen LogP contribution in [0, 0.1) is 5.92 Å². The van der Waals surface area contributed by atoms with E-state index in [1.807, 2.05) is 20.8 Å². The van der Waals surface area contributed by atoms with Gasteiger partial charge in [0, 0.05) is 12.5 Å². The van der Waals surface area contributed by atoms with Crippen LogP contribution in [0.2, 0.25) is 0 Å². The van der Waals surface area contributed by atoms with Gasteiger partial charge in [-0.25, -0.2) is 4.79 Å². The van der Waals surface area contributed by atoms with Gasteiger partial charge in [0.05, 0.1) is 0 Å². The lowest BCUT2D eigenvalue weighted by molar-refractivity contribution is -0.118. The van der Waals surface area contributed by atoms with E-state index in [1.165, 1.54) is 0 Å². The van der Waals surface area contributed by atoms with Crippen molar-refractivity contribution >= 4 is 11.9 Å². The highest BCUT2D eigenvalue weighted by Gasteiger charge is 2.25. The number of ether oxygens (including phenoxy) is 1. The van der Waals surface area contributed by atoms with Gasteiger partial charge in [-0.3, -0.25) is 0 Å². The fourth-order valence-corrected chi connectivity index (χ4v) is 2.49. The summed E-state index contributed by atoms with van der Waals surface area (Å²) >= 11 is 0. The summed E-state index contributed by atoms with van der Waals surface area (Å²) in [7, 11) is 0. The minimum atomic E-state index is -0.461. The minimum Gasteiger partial charge on any atom is -0.444 e. The summed E-state index contributed by atoms with van der Waals surface area (Å²) in [6, 6.07) is 0.151. The van der Waals surface area contributed by atoms with Crippen LogP contribution in [-0.2, 0) is 9.53 Å². The Morgan fingerprint density at radius 1 is 1.28 bits per heavy atom. The normalized spacial score (nSPS) is 24.4. The van der Waals surface area contributed by atoms with E-state index in [2.05, 4.69) is 5.32 Å². The number of carbonyl (C=O) groups is 2. The van der Waals surface area contributed by atoms with Crippen molar-refractivity contribution < 1.29 is 14.3 Å². The number of ketones is 1. The highest BCUT2D eigenvalue weighted by molar-refractivity contribution is 5.75. The smallest absolute Gasteiger partial charge is 0.407 e. The third-order valence-electron chi connectivity index (χ3n) is 3.08. The molecule has 1 rings (SSSR count). The van der Waals surface area contributed by atoms with Crippen LogP contribution < -0.4 is 5.32 Å². The topological polar surface area (TPSA) is 55.4 Å². The fraction of sp³-hybridized carbons (Fsp3) is 0.857.